The van der Waals surface area contributed by atoms with Crippen molar-refractivity contribution in [2.45, 2.75) is 20.8 Å². The van der Waals surface area contributed by atoms with E-state index in [1.807, 2.05) is 6.20 Å². The highest BCUT2D eigenvalue weighted by atomic mass is 14.7. The molecule has 0 bridgehead atoms. The van der Waals surface area contributed by atoms with Crippen LogP contribution in [0, 0.1) is 20.8 Å². The van der Waals surface area contributed by atoms with E-state index in [1.165, 1.54) is 33.1 Å². The standard InChI is InChI=1S/C14H14N2/c1-8-9(2)11-4-5-13-12(6-7-15-13)14(11)16-10(8)3/h4-7,16H,1-3H3. The van der Waals surface area contributed by atoms with Crippen LogP contribution in [0.2, 0.25) is 0 Å². The van der Waals surface area contributed by atoms with E-state index in [2.05, 4.69) is 48.9 Å². The molecule has 0 aliphatic rings. The molecule has 0 unspecified atom stereocenters. The van der Waals surface area contributed by atoms with Gasteiger partial charge in [-0.05, 0) is 44.0 Å². The molecule has 0 aliphatic heterocycles. The Kier molecular flexibility index (Phi) is 1.81. The lowest BCUT2D eigenvalue weighted by molar-refractivity contribution is 1.17. The molecule has 0 spiro atoms. The lowest BCUT2D eigenvalue weighted by Gasteiger charge is -2.10. The molecule has 3 aromatic rings. The first kappa shape index (κ1) is 9.40. The van der Waals surface area contributed by atoms with Gasteiger partial charge in [-0.2, -0.15) is 0 Å². The lowest BCUT2D eigenvalue weighted by atomic mass is 10.0. The van der Waals surface area contributed by atoms with Gasteiger partial charge in [-0.25, -0.2) is 0 Å². The van der Waals surface area contributed by atoms with Gasteiger partial charge in [0.1, 0.15) is 0 Å². The zero-order valence-corrected chi connectivity index (χ0v) is 9.76. The van der Waals surface area contributed by atoms with Crippen LogP contribution >= 0.6 is 0 Å². The van der Waals surface area contributed by atoms with Gasteiger partial charge >= 0.3 is 0 Å². The van der Waals surface area contributed by atoms with Crippen molar-refractivity contribution in [2.75, 3.05) is 0 Å². The summed E-state index contributed by atoms with van der Waals surface area (Å²) in [6.45, 7) is 6.46. The molecule has 0 fully saturated rings. The van der Waals surface area contributed by atoms with E-state index < -0.39 is 0 Å². The van der Waals surface area contributed by atoms with Gasteiger partial charge in [-0.3, -0.25) is 4.98 Å². The number of nitrogens with zero attached hydrogens (tertiary/aromatic N) is 1. The number of benzene rings is 1. The molecular weight excluding hydrogens is 196 g/mol. The van der Waals surface area contributed by atoms with Gasteiger partial charge in [0.2, 0.25) is 0 Å². The highest BCUT2D eigenvalue weighted by Crippen LogP contribution is 2.27. The van der Waals surface area contributed by atoms with Crippen LogP contribution in [0.1, 0.15) is 16.8 Å². The summed E-state index contributed by atoms with van der Waals surface area (Å²) in [6.07, 6.45) is 1.86. The normalized spacial score (nSPS) is 11.4. The highest BCUT2D eigenvalue weighted by Gasteiger charge is 2.07. The third-order valence-corrected chi connectivity index (χ3v) is 3.52. The van der Waals surface area contributed by atoms with E-state index >= 15 is 0 Å². The Hall–Kier alpha value is -1.83. The maximum absolute atomic E-state index is 4.33. The monoisotopic (exact) mass is 210 g/mol. The second-order valence-corrected chi connectivity index (χ2v) is 4.37. The van der Waals surface area contributed by atoms with Crippen molar-refractivity contribution in [2.24, 2.45) is 0 Å². The average molecular weight is 210 g/mol. The maximum Gasteiger partial charge on any atom is 0.0723 e. The number of nitrogens with one attached hydrogen (secondary N) is 1. The first-order valence-corrected chi connectivity index (χ1v) is 5.51. The van der Waals surface area contributed by atoms with Crippen LogP contribution in [-0.2, 0) is 0 Å². The predicted octanol–water partition coefficient (Wildman–Crippen LogP) is 3.64. The summed E-state index contributed by atoms with van der Waals surface area (Å²) in [5.41, 5.74) is 6.20. The summed E-state index contributed by atoms with van der Waals surface area (Å²) >= 11 is 0. The van der Waals surface area contributed by atoms with Crippen molar-refractivity contribution >= 4 is 21.8 Å². The molecule has 2 heteroatoms. The lowest BCUT2D eigenvalue weighted by Crippen LogP contribution is -1.93. The fourth-order valence-electron chi connectivity index (χ4n) is 2.29. The van der Waals surface area contributed by atoms with Crippen LogP contribution < -0.4 is 0 Å². The number of aryl methyl sites for hydroxylation is 2. The minimum Gasteiger partial charge on any atom is -0.358 e. The van der Waals surface area contributed by atoms with Crippen molar-refractivity contribution in [1.29, 1.82) is 0 Å². The van der Waals surface area contributed by atoms with Crippen LogP contribution in [0.5, 0.6) is 0 Å². The number of aromatic amines is 1. The predicted molar refractivity (Wildman–Crippen MR) is 67.8 cm³/mol. The van der Waals surface area contributed by atoms with Gasteiger partial charge < -0.3 is 4.98 Å². The van der Waals surface area contributed by atoms with E-state index in [9.17, 15) is 0 Å². The summed E-state index contributed by atoms with van der Waals surface area (Å²) in [6, 6.07) is 6.32. The minimum absolute atomic E-state index is 1.06. The van der Waals surface area contributed by atoms with Crippen LogP contribution in [-0.4, -0.2) is 9.97 Å². The molecule has 0 atom stereocenters. The third kappa shape index (κ3) is 1.10. The summed E-state index contributed by atoms with van der Waals surface area (Å²) in [5.74, 6) is 0. The Balaban J connectivity index is 2.61. The Labute approximate surface area is 94.3 Å². The molecule has 80 valence electrons. The number of hydrogen-bond donors (Lipinski definition) is 1. The second-order valence-electron chi connectivity index (χ2n) is 4.37. The van der Waals surface area contributed by atoms with Gasteiger partial charge in [-0.1, -0.05) is 6.07 Å². The summed E-state index contributed by atoms with van der Waals surface area (Å²) < 4.78 is 0. The summed E-state index contributed by atoms with van der Waals surface area (Å²) in [4.78, 5) is 7.82. The fraction of sp³-hybridized carbons (Fsp3) is 0.214. The molecular formula is C14H14N2. The van der Waals surface area contributed by atoms with Crippen LogP contribution in [0.15, 0.2) is 24.4 Å². The van der Waals surface area contributed by atoms with Crippen molar-refractivity contribution < 1.29 is 0 Å². The van der Waals surface area contributed by atoms with Crippen LogP contribution in [0.3, 0.4) is 0 Å². The first-order chi connectivity index (χ1) is 7.68. The molecule has 1 N–H and O–H groups in total. The largest absolute Gasteiger partial charge is 0.358 e. The molecule has 0 amide bonds. The quantitative estimate of drug-likeness (QED) is 0.603. The highest BCUT2D eigenvalue weighted by molar-refractivity contribution is 6.05. The Morgan fingerprint density at radius 3 is 2.56 bits per heavy atom. The molecule has 0 saturated carbocycles. The molecule has 0 radical (unpaired) electrons. The van der Waals surface area contributed by atoms with Crippen molar-refractivity contribution in [3.05, 3.63) is 41.2 Å². The maximum atomic E-state index is 4.33. The molecule has 3 rings (SSSR count). The fourth-order valence-corrected chi connectivity index (χ4v) is 2.29. The zero-order valence-electron chi connectivity index (χ0n) is 9.76. The molecule has 1 aromatic carbocycles. The van der Waals surface area contributed by atoms with Crippen LogP contribution in [0.25, 0.3) is 21.8 Å². The molecule has 2 heterocycles. The Morgan fingerprint density at radius 2 is 1.75 bits per heavy atom. The number of aromatic nitrogens is 2. The van der Waals surface area contributed by atoms with E-state index in [0.29, 0.717) is 0 Å². The number of H-pyrrole nitrogens is 1. The van der Waals surface area contributed by atoms with Crippen molar-refractivity contribution in [3.8, 4) is 0 Å². The van der Waals surface area contributed by atoms with Crippen molar-refractivity contribution in [3.63, 3.8) is 0 Å². The third-order valence-electron chi connectivity index (χ3n) is 3.52. The van der Waals surface area contributed by atoms with Gasteiger partial charge in [-0.15, -0.1) is 0 Å². The van der Waals surface area contributed by atoms with Gasteiger partial charge in [0, 0.05) is 22.7 Å². The molecule has 0 aliphatic carbocycles. The van der Waals surface area contributed by atoms with E-state index in [1.54, 1.807) is 0 Å². The molecule has 0 saturated heterocycles. The van der Waals surface area contributed by atoms with E-state index in [0.717, 1.165) is 5.52 Å². The Bertz CT molecular complexity index is 693. The van der Waals surface area contributed by atoms with Crippen LogP contribution in [0.4, 0.5) is 0 Å². The smallest absolute Gasteiger partial charge is 0.0723 e. The minimum atomic E-state index is 1.06. The number of pyridine rings is 1. The van der Waals surface area contributed by atoms with Gasteiger partial charge in [0.15, 0.2) is 0 Å². The molecule has 2 aromatic heterocycles. The van der Waals surface area contributed by atoms with E-state index in [4.69, 9.17) is 0 Å². The average Bonchev–Trinajstić information content (AvgIpc) is 2.74. The first-order valence-electron chi connectivity index (χ1n) is 5.51. The number of fused-ring (bicyclic) bond motifs is 3. The molecule has 2 nitrogen and oxygen atoms in total. The summed E-state index contributed by atoms with van der Waals surface area (Å²) in [7, 11) is 0. The summed E-state index contributed by atoms with van der Waals surface area (Å²) in [5, 5.41) is 2.51. The van der Waals surface area contributed by atoms with Gasteiger partial charge in [0.05, 0.1) is 11.0 Å². The van der Waals surface area contributed by atoms with E-state index in [-0.39, 0.29) is 0 Å². The second kappa shape index (κ2) is 3.08. The van der Waals surface area contributed by atoms with Crippen molar-refractivity contribution in [1.82, 2.24) is 9.97 Å². The Morgan fingerprint density at radius 1 is 0.938 bits per heavy atom. The van der Waals surface area contributed by atoms with Gasteiger partial charge in [0.25, 0.3) is 0 Å². The SMILES string of the molecule is Cc1[nH]c2c(ccc3nccc32)c(C)c1C. The number of hydrogen-bond acceptors (Lipinski definition) is 1. The molecule has 16 heavy (non-hydrogen) atoms. The topological polar surface area (TPSA) is 28.7 Å². The number of rotatable bonds is 0. The zero-order chi connectivity index (χ0) is 11.3.